The summed E-state index contributed by atoms with van der Waals surface area (Å²) in [7, 11) is 0. The molecule has 2 fully saturated rings. The number of aromatic nitrogens is 10. The molecule has 21 heteroatoms. The molecular weight excluding hydrogens is 974 g/mol. The van der Waals surface area contributed by atoms with Crippen molar-refractivity contribution in [2.75, 3.05) is 13.1 Å². The van der Waals surface area contributed by atoms with E-state index >= 15 is 0 Å². The van der Waals surface area contributed by atoms with Crippen molar-refractivity contribution in [2.24, 2.45) is 0 Å². The first kappa shape index (κ1) is 45.5. The molecule has 360 valence electrons. The van der Waals surface area contributed by atoms with E-state index < -0.39 is 12.2 Å². The van der Waals surface area contributed by atoms with Crippen LogP contribution in [0, 0.1) is 0 Å². The third-order valence-electron chi connectivity index (χ3n) is 14.1. The number of hydrazine groups is 2. The van der Waals surface area contributed by atoms with Gasteiger partial charge in [-0.3, -0.25) is 25.0 Å². The van der Waals surface area contributed by atoms with Gasteiger partial charge in [0.05, 0.1) is 92.2 Å². The zero-order valence-electron chi connectivity index (χ0n) is 38.3. The third kappa shape index (κ3) is 8.29. The number of imidazole rings is 2. The number of carbonyl (C=O) groups excluding carboxylic acids is 1. The first-order chi connectivity index (χ1) is 34.0. The standard InChI is InChI=1S/C49H48Cl4N14O3/c1-25(43-31(50)17-54-18-32(43)51)69-27-9-11-35-29(15-27)45(62-60-35)48-56-37-21-64(22-38(37)57-48)66-13-5-3-7-41(66)47(68)42-8-4-6-14-67(42)65-23-39-40(24-65)59-49(58-39)46-30-16-28(10-12-36(30)61-63-46)70-26(2)44-33(52)19-55-20-34(44)53/h9-12,15-20,25-26,41-42H,3-8,13-14,21-24H2,1-2H3,(H,56,57)(H,58,59)(H,60,62)(H,61,63)/t25-,26-,41+,42+/m1/s1. The topological polar surface area (TPSA) is 189 Å². The van der Waals surface area contributed by atoms with E-state index in [-0.39, 0.29) is 12.1 Å². The molecule has 4 aliphatic rings. The van der Waals surface area contributed by atoms with Crippen LogP contribution in [0.3, 0.4) is 0 Å². The van der Waals surface area contributed by atoms with Crippen molar-refractivity contribution in [2.45, 2.75) is 103 Å². The van der Waals surface area contributed by atoms with Gasteiger partial charge in [0.25, 0.3) is 0 Å². The Kier molecular flexibility index (Phi) is 12.0. The number of H-pyrrole nitrogens is 4. The molecule has 10 heterocycles. The number of Topliss-reactive ketones (excluding diaryl/α,β-unsaturated/α-hetero) is 1. The lowest BCUT2D eigenvalue weighted by atomic mass is 9.91. The lowest BCUT2D eigenvalue weighted by molar-refractivity contribution is -0.158. The fourth-order valence-electron chi connectivity index (χ4n) is 10.8. The highest BCUT2D eigenvalue weighted by molar-refractivity contribution is 6.36. The molecule has 12 rings (SSSR count). The summed E-state index contributed by atoms with van der Waals surface area (Å²) in [5.74, 6) is 2.95. The van der Waals surface area contributed by atoms with Crippen LogP contribution in [-0.2, 0) is 31.0 Å². The summed E-state index contributed by atoms with van der Waals surface area (Å²) in [4.78, 5) is 40.4. The minimum atomic E-state index is -0.413. The van der Waals surface area contributed by atoms with Crippen LogP contribution in [0.5, 0.6) is 11.5 Å². The number of ether oxygens (including phenoxy) is 2. The molecule has 4 atom stereocenters. The summed E-state index contributed by atoms with van der Waals surface area (Å²) in [6.45, 7) is 7.92. The van der Waals surface area contributed by atoms with Gasteiger partial charge in [0.1, 0.15) is 35.1 Å². The van der Waals surface area contributed by atoms with Crippen molar-refractivity contribution in [3.63, 3.8) is 0 Å². The van der Waals surface area contributed by atoms with Gasteiger partial charge in [0.2, 0.25) is 0 Å². The Morgan fingerprint density at radius 1 is 0.614 bits per heavy atom. The number of hydrogen-bond acceptors (Lipinski definition) is 13. The van der Waals surface area contributed by atoms with Gasteiger partial charge in [-0.2, -0.15) is 10.2 Å². The van der Waals surface area contributed by atoms with E-state index in [1.807, 2.05) is 50.2 Å². The van der Waals surface area contributed by atoms with Crippen LogP contribution in [0.2, 0.25) is 20.1 Å². The smallest absolute Gasteiger partial charge is 0.169 e. The second-order valence-electron chi connectivity index (χ2n) is 18.5. The molecule has 6 aromatic heterocycles. The molecule has 70 heavy (non-hydrogen) atoms. The fourth-order valence-corrected chi connectivity index (χ4v) is 12.1. The fraction of sp³-hybridized carbons (Fsp3) is 0.367. The molecule has 4 aliphatic heterocycles. The van der Waals surface area contributed by atoms with Gasteiger partial charge < -0.3 is 19.4 Å². The van der Waals surface area contributed by atoms with Gasteiger partial charge in [-0.25, -0.2) is 30.0 Å². The van der Waals surface area contributed by atoms with Gasteiger partial charge in [0.15, 0.2) is 17.4 Å². The summed E-state index contributed by atoms with van der Waals surface area (Å²) in [6.07, 6.45) is 11.2. The maximum Gasteiger partial charge on any atom is 0.169 e. The van der Waals surface area contributed by atoms with Gasteiger partial charge in [-0.05, 0) is 75.9 Å². The molecule has 17 nitrogen and oxygen atoms in total. The maximum absolute atomic E-state index is 14.9. The quantitative estimate of drug-likeness (QED) is 0.0906. The first-order valence-electron chi connectivity index (χ1n) is 23.6. The van der Waals surface area contributed by atoms with Crippen molar-refractivity contribution in [1.82, 2.24) is 70.3 Å². The minimum absolute atomic E-state index is 0.218. The van der Waals surface area contributed by atoms with Crippen LogP contribution in [0.1, 0.15) is 98.5 Å². The summed E-state index contributed by atoms with van der Waals surface area (Å²) in [5, 5.41) is 28.4. The van der Waals surface area contributed by atoms with Crippen molar-refractivity contribution in [3.8, 4) is 34.5 Å². The molecule has 2 saturated heterocycles. The van der Waals surface area contributed by atoms with E-state index in [1.165, 1.54) is 0 Å². The van der Waals surface area contributed by atoms with Gasteiger partial charge in [-0.1, -0.05) is 59.2 Å². The number of piperidine rings is 2. The molecule has 2 aromatic carbocycles. The number of pyridine rings is 2. The number of fused-ring (bicyclic) bond motifs is 4. The maximum atomic E-state index is 14.9. The van der Waals surface area contributed by atoms with Crippen LogP contribution in [0.15, 0.2) is 61.2 Å². The highest BCUT2D eigenvalue weighted by Gasteiger charge is 2.43. The zero-order valence-corrected chi connectivity index (χ0v) is 41.3. The zero-order chi connectivity index (χ0) is 47.8. The van der Waals surface area contributed by atoms with E-state index in [1.54, 1.807) is 24.8 Å². The minimum Gasteiger partial charge on any atom is -0.486 e. The third-order valence-corrected chi connectivity index (χ3v) is 15.3. The van der Waals surface area contributed by atoms with Crippen LogP contribution in [-0.4, -0.2) is 101 Å². The molecular formula is C49H48Cl4N14O3. The molecule has 0 bridgehead atoms. The predicted octanol–water partition coefficient (Wildman–Crippen LogP) is 10.3. The summed E-state index contributed by atoms with van der Waals surface area (Å²) < 4.78 is 12.6. The molecule has 4 N–H and O–H groups in total. The van der Waals surface area contributed by atoms with Crippen molar-refractivity contribution < 1.29 is 14.3 Å². The van der Waals surface area contributed by atoms with Crippen LogP contribution in [0.25, 0.3) is 44.8 Å². The Bertz CT molecular complexity index is 3000. The van der Waals surface area contributed by atoms with E-state index in [0.717, 1.165) is 96.2 Å². The van der Waals surface area contributed by atoms with Gasteiger partial charge in [-0.15, -0.1) is 0 Å². The number of halogens is 4. The van der Waals surface area contributed by atoms with Gasteiger partial charge in [0, 0.05) is 59.8 Å². The SMILES string of the molecule is C[C@@H](Oc1ccc2[nH]nc(-c3nc4c([nH]3)CN(N3CCCC[C@H]3C(=O)[C@@H]3CCCCN3N3Cc5nc(-c6n[nH]c7ccc(O[C@H](C)c8c(Cl)cncc8Cl)cc67)[nH]c5C3)C4)c2c1)c1c(Cl)cncc1Cl. The number of benzene rings is 2. The molecule has 0 unspecified atom stereocenters. The molecule has 0 amide bonds. The normalized spacial score (nSPS) is 20.0. The Labute approximate surface area is 422 Å². The van der Waals surface area contributed by atoms with Crippen LogP contribution >= 0.6 is 46.4 Å². The summed E-state index contributed by atoms with van der Waals surface area (Å²) in [6, 6.07) is 11.1. The Balaban J connectivity index is 0.714. The number of aromatic amines is 4. The highest BCUT2D eigenvalue weighted by atomic mass is 35.5. The number of rotatable bonds is 12. The van der Waals surface area contributed by atoms with E-state index in [0.29, 0.717) is 97.7 Å². The van der Waals surface area contributed by atoms with E-state index in [4.69, 9.17) is 65.8 Å². The van der Waals surface area contributed by atoms with Crippen molar-refractivity contribution in [1.29, 1.82) is 0 Å². The Morgan fingerprint density at radius 2 is 1.04 bits per heavy atom. The highest BCUT2D eigenvalue weighted by Crippen LogP contribution is 2.39. The number of nitrogens with one attached hydrogen (secondary N) is 4. The molecule has 0 aliphatic carbocycles. The number of ketones is 1. The van der Waals surface area contributed by atoms with Crippen molar-refractivity contribution >= 4 is 74.0 Å². The number of nitrogens with zero attached hydrogens (tertiary/aromatic N) is 10. The van der Waals surface area contributed by atoms with E-state index in [9.17, 15) is 4.79 Å². The van der Waals surface area contributed by atoms with Gasteiger partial charge >= 0.3 is 0 Å². The average Bonchev–Trinajstić information content (AvgIpc) is 4.22. The van der Waals surface area contributed by atoms with E-state index in [2.05, 4.69) is 60.4 Å². The van der Waals surface area contributed by atoms with Crippen LogP contribution in [0.4, 0.5) is 0 Å². The first-order valence-corrected chi connectivity index (χ1v) is 25.2. The average molecular weight is 1020 g/mol. The molecule has 0 saturated carbocycles. The number of carbonyl (C=O) groups is 1. The largest absolute Gasteiger partial charge is 0.486 e. The Morgan fingerprint density at radius 3 is 1.46 bits per heavy atom. The predicted molar refractivity (Wildman–Crippen MR) is 266 cm³/mol. The second-order valence-corrected chi connectivity index (χ2v) is 20.2. The van der Waals surface area contributed by atoms with Crippen LogP contribution < -0.4 is 9.47 Å². The second kappa shape index (κ2) is 18.5. The Hall–Kier alpha value is -5.63. The molecule has 0 radical (unpaired) electrons. The molecule has 8 aromatic rings. The lowest BCUT2D eigenvalue weighted by Crippen LogP contribution is -2.60. The van der Waals surface area contributed by atoms with Crippen molar-refractivity contribution in [3.05, 3.63) is 115 Å². The lowest BCUT2D eigenvalue weighted by Gasteiger charge is -2.45. The summed E-state index contributed by atoms with van der Waals surface area (Å²) >= 11 is 25.7. The summed E-state index contributed by atoms with van der Waals surface area (Å²) in [5.41, 5.74) is 8.45. The molecule has 0 spiro atoms. The number of hydrogen-bond donors (Lipinski definition) is 4. The monoisotopic (exact) mass is 1020 g/mol.